The van der Waals surface area contributed by atoms with Gasteiger partial charge in [-0.05, 0) is 0 Å². The van der Waals surface area contributed by atoms with Crippen LogP contribution in [0.4, 0.5) is 0 Å². The van der Waals surface area contributed by atoms with Crippen LogP contribution in [-0.2, 0) is 4.79 Å². The predicted octanol–water partition coefficient (Wildman–Crippen LogP) is -1.49. The monoisotopic (exact) mass is 287 g/mol. The first-order chi connectivity index (χ1) is 7.47. The van der Waals surface area contributed by atoms with Crippen molar-refractivity contribution in [1.29, 1.82) is 0 Å². The molecular formula is C7H17N3O3S3. The van der Waals surface area contributed by atoms with E-state index in [-0.39, 0.29) is 11.7 Å². The van der Waals surface area contributed by atoms with Gasteiger partial charge in [-0.3, -0.25) is 4.79 Å². The molecule has 9 heteroatoms. The highest BCUT2D eigenvalue weighted by molar-refractivity contribution is 8.76. The number of hydrogen-bond acceptors (Lipinski definition) is 9. The van der Waals surface area contributed by atoms with E-state index in [1.807, 2.05) is 0 Å². The van der Waals surface area contributed by atoms with E-state index in [1.54, 1.807) is 0 Å². The molecule has 0 spiro atoms. The molecule has 0 aromatic heterocycles. The van der Waals surface area contributed by atoms with Gasteiger partial charge in [0.15, 0.2) is 0 Å². The summed E-state index contributed by atoms with van der Waals surface area (Å²) in [6.07, 6.45) is -0.863. The van der Waals surface area contributed by atoms with E-state index in [1.165, 1.54) is 21.6 Å². The van der Waals surface area contributed by atoms with Crippen LogP contribution >= 0.6 is 33.3 Å². The maximum absolute atomic E-state index is 11.4. The van der Waals surface area contributed by atoms with Gasteiger partial charge in [-0.2, -0.15) is 0 Å². The Morgan fingerprint density at radius 3 is 2.25 bits per heavy atom. The lowest BCUT2D eigenvalue weighted by Gasteiger charge is -2.11. The molecule has 0 bridgehead atoms. The third-order valence-corrected chi connectivity index (χ3v) is 4.78. The lowest BCUT2D eigenvalue weighted by molar-refractivity contribution is -0.111. The number of carbonyl (C=O) groups excluding carboxylic acids is 1. The van der Waals surface area contributed by atoms with Gasteiger partial charge in [-0.25, -0.2) is 0 Å². The molecule has 0 heterocycles. The van der Waals surface area contributed by atoms with Gasteiger partial charge in [-0.1, -0.05) is 33.3 Å². The van der Waals surface area contributed by atoms with E-state index in [4.69, 9.17) is 27.4 Å². The number of aliphatic hydroxyl groups excluding tert-OH is 2. The van der Waals surface area contributed by atoms with Crippen molar-refractivity contribution in [3.05, 3.63) is 0 Å². The van der Waals surface area contributed by atoms with Gasteiger partial charge in [0.1, 0.15) is 11.7 Å². The van der Waals surface area contributed by atoms with Crippen LogP contribution in [-0.4, -0.2) is 51.1 Å². The van der Waals surface area contributed by atoms with E-state index in [2.05, 4.69) is 0 Å². The zero-order valence-electron chi connectivity index (χ0n) is 8.61. The zero-order chi connectivity index (χ0) is 12.6. The number of thioether (sulfide) groups is 1. The molecule has 0 aromatic rings. The molecule has 6 nitrogen and oxygen atoms in total. The Labute approximate surface area is 106 Å². The van der Waals surface area contributed by atoms with Crippen molar-refractivity contribution in [3.63, 3.8) is 0 Å². The molecule has 0 aliphatic rings. The maximum atomic E-state index is 11.4. The van der Waals surface area contributed by atoms with E-state index >= 15 is 0 Å². The summed E-state index contributed by atoms with van der Waals surface area (Å²) < 4.78 is 0. The van der Waals surface area contributed by atoms with Crippen molar-refractivity contribution in [3.8, 4) is 0 Å². The zero-order valence-corrected chi connectivity index (χ0v) is 11.1. The Morgan fingerprint density at radius 2 is 1.75 bits per heavy atom. The second-order valence-corrected chi connectivity index (χ2v) is 6.60. The van der Waals surface area contributed by atoms with Crippen LogP contribution < -0.4 is 17.2 Å². The van der Waals surface area contributed by atoms with Crippen LogP contribution in [0.3, 0.4) is 0 Å². The Bertz CT molecular complexity index is 209. The summed E-state index contributed by atoms with van der Waals surface area (Å²) >= 11 is 0.742. The molecule has 0 radical (unpaired) electrons. The quantitative estimate of drug-likeness (QED) is 0.205. The Hall–Kier alpha value is 0.520. The number of carbonyl (C=O) groups is 1. The topological polar surface area (TPSA) is 136 Å². The number of rotatable bonds is 8. The molecule has 0 aromatic carbocycles. The Morgan fingerprint density at radius 1 is 1.19 bits per heavy atom. The maximum Gasteiger partial charge on any atom is 0.209 e. The van der Waals surface area contributed by atoms with E-state index in [0.29, 0.717) is 11.5 Å². The summed E-state index contributed by atoms with van der Waals surface area (Å²) in [4.78, 5) is 11.4. The molecular weight excluding hydrogens is 270 g/mol. The largest absolute Gasteiger partial charge is 0.381 e. The third-order valence-electron chi connectivity index (χ3n) is 1.33. The molecule has 0 saturated heterocycles. The molecule has 3 atom stereocenters. The molecule has 0 fully saturated rings. The SMILES string of the molecule is NCC(O)SC(=O)[C@@H](N)CSSCC(N)O. The lowest BCUT2D eigenvalue weighted by Crippen LogP contribution is -2.33. The van der Waals surface area contributed by atoms with Crippen LogP contribution in [0.5, 0.6) is 0 Å². The third kappa shape index (κ3) is 8.65. The summed E-state index contributed by atoms with van der Waals surface area (Å²) in [5, 5.41) is 17.6. The molecule has 2 unspecified atom stereocenters. The number of aliphatic hydroxyl groups is 2. The second kappa shape index (κ2) is 9.54. The standard InChI is InChI=1S/C7H17N3O3S3/c8-1-6(12)16-7(13)4(9)2-14-15-3-5(10)11/h4-6,11-12H,1-3,8-10H2/t4-,5?,6?/m0/s1. The van der Waals surface area contributed by atoms with Crippen LogP contribution in [0.25, 0.3) is 0 Å². The second-order valence-electron chi connectivity index (χ2n) is 2.87. The van der Waals surface area contributed by atoms with Crippen molar-refractivity contribution < 1.29 is 15.0 Å². The van der Waals surface area contributed by atoms with Gasteiger partial charge in [0.2, 0.25) is 5.12 Å². The van der Waals surface area contributed by atoms with E-state index in [0.717, 1.165) is 11.8 Å². The van der Waals surface area contributed by atoms with Gasteiger partial charge in [-0.15, -0.1) is 0 Å². The summed E-state index contributed by atoms with van der Waals surface area (Å²) in [6, 6.07) is -0.654. The smallest absolute Gasteiger partial charge is 0.209 e. The molecule has 0 aliphatic carbocycles. The van der Waals surface area contributed by atoms with Gasteiger partial charge >= 0.3 is 0 Å². The van der Waals surface area contributed by atoms with E-state index < -0.39 is 17.7 Å². The van der Waals surface area contributed by atoms with Crippen molar-refractivity contribution in [2.45, 2.75) is 17.7 Å². The summed E-state index contributed by atoms with van der Waals surface area (Å²) in [7, 11) is 2.70. The highest BCUT2D eigenvalue weighted by Gasteiger charge is 2.17. The van der Waals surface area contributed by atoms with Crippen LogP contribution in [0.1, 0.15) is 0 Å². The first kappa shape index (κ1) is 16.5. The molecule has 0 saturated carbocycles. The molecule has 0 rings (SSSR count). The van der Waals surface area contributed by atoms with Gasteiger partial charge in [0.05, 0.1) is 6.04 Å². The van der Waals surface area contributed by atoms with Crippen LogP contribution in [0, 0.1) is 0 Å². The van der Waals surface area contributed by atoms with Crippen molar-refractivity contribution in [1.82, 2.24) is 0 Å². The van der Waals surface area contributed by atoms with Crippen molar-refractivity contribution in [2.75, 3.05) is 18.1 Å². The molecule has 0 aliphatic heterocycles. The first-order valence-electron chi connectivity index (χ1n) is 4.49. The minimum Gasteiger partial charge on any atom is -0.381 e. The van der Waals surface area contributed by atoms with Gasteiger partial charge in [0, 0.05) is 18.1 Å². The Balaban J connectivity index is 3.63. The summed E-state index contributed by atoms with van der Waals surface area (Å²) in [5.74, 6) is 0.782. The first-order valence-corrected chi connectivity index (χ1v) is 7.86. The normalized spacial score (nSPS) is 16.8. The fraction of sp³-hybridized carbons (Fsp3) is 0.857. The minimum absolute atomic E-state index is 0.0182. The van der Waals surface area contributed by atoms with Gasteiger partial charge < -0.3 is 27.4 Å². The van der Waals surface area contributed by atoms with Crippen LogP contribution in [0.15, 0.2) is 0 Å². The minimum atomic E-state index is -0.901. The fourth-order valence-electron chi connectivity index (χ4n) is 0.577. The van der Waals surface area contributed by atoms with E-state index in [9.17, 15) is 4.79 Å². The molecule has 16 heavy (non-hydrogen) atoms. The molecule has 96 valence electrons. The Kier molecular flexibility index (Phi) is 9.85. The highest BCUT2D eigenvalue weighted by Crippen LogP contribution is 2.23. The molecule has 0 amide bonds. The van der Waals surface area contributed by atoms with Gasteiger partial charge in [0.25, 0.3) is 0 Å². The fourth-order valence-corrected chi connectivity index (χ4v) is 3.37. The number of hydrogen-bond donors (Lipinski definition) is 5. The average molecular weight is 287 g/mol. The lowest BCUT2D eigenvalue weighted by atomic mass is 10.4. The highest BCUT2D eigenvalue weighted by atomic mass is 33.1. The van der Waals surface area contributed by atoms with Crippen LogP contribution in [0.2, 0.25) is 0 Å². The molecule has 8 N–H and O–H groups in total. The summed E-state index contributed by atoms with van der Waals surface area (Å²) in [6.45, 7) is 0.0182. The average Bonchev–Trinajstić information content (AvgIpc) is 2.23. The predicted molar refractivity (Wildman–Crippen MR) is 70.7 cm³/mol. The van der Waals surface area contributed by atoms with Crippen molar-refractivity contribution in [2.24, 2.45) is 17.2 Å². The number of nitrogens with two attached hydrogens (primary N) is 3. The summed E-state index contributed by atoms with van der Waals surface area (Å²) in [5.41, 5.74) is 15.0. The van der Waals surface area contributed by atoms with Crippen molar-refractivity contribution >= 4 is 38.5 Å².